The number of hydrogen-bond acceptors (Lipinski definition) is 5. The molecule has 2 aromatic heterocycles. The minimum Gasteiger partial charge on any atom is -0.347 e. The summed E-state index contributed by atoms with van der Waals surface area (Å²) in [5.41, 5.74) is 1.56. The Labute approximate surface area is 188 Å². The van der Waals surface area contributed by atoms with Gasteiger partial charge in [-0.15, -0.1) is 0 Å². The number of benzene rings is 2. The molecular weight excluding hydrogens is 422 g/mol. The van der Waals surface area contributed by atoms with Gasteiger partial charge in [0.1, 0.15) is 0 Å². The molecule has 0 fully saturated rings. The number of aryl methyl sites for hydroxylation is 2. The number of nitro benzene ring substituents is 1. The van der Waals surface area contributed by atoms with E-state index >= 15 is 0 Å². The minimum absolute atomic E-state index is 0.0219. The SMILES string of the molecule is O=C1NC(=O)C(c2cn(CCCn3ccnc3)c3ccccc23)=C1c1ccccc1[N+](=O)[O-]. The van der Waals surface area contributed by atoms with Gasteiger partial charge in [-0.05, 0) is 18.6 Å². The van der Waals surface area contributed by atoms with Crippen molar-refractivity contribution in [1.29, 1.82) is 0 Å². The van der Waals surface area contributed by atoms with Crippen LogP contribution < -0.4 is 5.32 Å². The van der Waals surface area contributed by atoms with Crippen molar-refractivity contribution >= 4 is 39.6 Å². The Bertz CT molecular complexity index is 1430. The molecule has 3 heterocycles. The van der Waals surface area contributed by atoms with Gasteiger partial charge in [-0.25, -0.2) is 4.98 Å². The molecule has 0 spiro atoms. The van der Waals surface area contributed by atoms with Crippen LogP contribution in [0.5, 0.6) is 0 Å². The average Bonchev–Trinajstić information content (AvgIpc) is 3.52. The van der Waals surface area contributed by atoms with Crippen molar-refractivity contribution in [3.8, 4) is 0 Å². The molecule has 0 aliphatic carbocycles. The van der Waals surface area contributed by atoms with Crippen LogP contribution in [0.2, 0.25) is 0 Å². The Morgan fingerprint density at radius 3 is 2.42 bits per heavy atom. The summed E-state index contributed by atoms with van der Waals surface area (Å²) in [5, 5.41) is 14.7. The summed E-state index contributed by atoms with van der Waals surface area (Å²) in [6, 6.07) is 13.6. The average molecular weight is 441 g/mol. The lowest BCUT2D eigenvalue weighted by molar-refractivity contribution is -0.385. The fourth-order valence-corrected chi connectivity index (χ4v) is 4.29. The summed E-state index contributed by atoms with van der Waals surface area (Å²) >= 11 is 0. The molecule has 2 aromatic carbocycles. The predicted molar refractivity (Wildman–Crippen MR) is 122 cm³/mol. The molecule has 33 heavy (non-hydrogen) atoms. The third-order valence-electron chi connectivity index (χ3n) is 5.73. The van der Waals surface area contributed by atoms with Crippen molar-refractivity contribution in [3.05, 3.63) is 94.7 Å². The zero-order valence-electron chi connectivity index (χ0n) is 17.5. The third kappa shape index (κ3) is 3.59. The molecule has 164 valence electrons. The summed E-state index contributed by atoms with van der Waals surface area (Å²) in [6.45, 7) is 1.47. The molecule has 0 radical (unpaired) electrons. The fourth-order valence-electron chi connectivity index (χ4n) is 4.29. The number of carbonyl (C=O) groups is 2. The first kappa shape index (κ1) is 20.4. The van der Waals surface area contributed by atoms with E-state index in [1.165, 1.54) is 18.2 Å². The number of imidazole rings is 1. The van der Waals surface area contributed by atoms with Crippen LogP contribution in [0.1, 0.15) is 17.5 Å². The first-order valence-electron chi connectivity index (χ1n) is 10.4. The normalized spacial score (nSPS) is 13.7. The van der Waals surface area contributed by atoms with Crippen molar-refractivity contribution in [2.75, 3.05) is 0 Å². The Morgan fingerprint density at radius 1 is 0.939 bits per heavy atom. The molecule has 4 aromatic rings. The van der Waals surface area contributed by atoms with Gasteiger partial charge in [-0.1, -0.05) is 30.3 Å². The molecule has 1 aliphatic rings. The summed E-state index contributed by atoms with van der Waals surface area (Å²) in [6.07, 6.45) is 8.07. The standard InChI is InChI=1S/C24H19N5O4/c30-23-21(17-7-2-4-9-20(17)29(32)33)22(24(31)26-23)18-14-28(19-8-3-1-6-16(18)19)12-5-11-27-13-10-25-15-27/h1-4,6-10,13-15H,5,11-12H2,(H,26,30,31). The van der Waals surface area contributed by atoms with Crippen LogP contribution >= 0.6 is 0 Å². The molecule has 1 aliphatic heterocycles. The maximum absolute atomic E-state index is 12.9. The van der Waals surface area contributed by atoms with Gasteiger partial charge in [0.15, 0.2) is 0 Å². The van der Waals surface area contributed by atoms with E-state index < -0.39 is 16.7 Å². The first-order valence-corrected chi connectivity index (χ1v) is 10.4. The van der Waals surface area contributed by atoms with Gasteiger partial charge in [0.2, 0.25) is 0 Å². The van der Waals surface area contributed by atoms with Gasteiger partial charge in [-0.2, -0.15) is 0 Å². The maximum atomic E-state index is 12.9. The highest BCUT2D eigenvalue weighted by Gasteiger charge is 2.36. The summed E-state index contributed by atoms with van der Waals surface area (Å²) in [4.78, 5) is 40.8. The van der Waals surface area contributed by atoms with E-state index in [-0.39, 0.29) is 22.4 Å². The first-order chi connectivity index (χ1) is 16.0. The van der Waals surface area contributed by atoms with Crippen molar-refractivity contribution in [3.63, 3.8) is 0 Å². The fraction of sp³-hybridized carbons (Fsp3) is 0.125. The molecule has 0 unspecified atom stereocenters. The highest BCUT2D eigenvalue weighted by atomic mass is 16.6. The van der Waals surface area contributed by atoms with Crippen LogP contribution in [0.25, 0.3) is 22.0 Å². The molecule has 1 N–H and O–H groups in total. The number of nitrogens with zero attached hydrogens (tertiary/aromatic N) is 4. The maximum Gasteiger partial charge on any atom is 0.277 e. The molecule has 5 rings (SSSR count). The summed E-state index contributed by atoms with van der Waals surface area (Å²) in [7, 11) is 0. The number of aromatic nitrogens is 3. The van der Waals surface area contributed by atoms with Crippen molar-refractivity contribution in [2.24, 2.45) is 0 Å². The Morgan fingerprint density at radius 2 is 1.67 bits per heavy atom. The van der Waals surface area contributed by atoms with Crippen LogP contribution in [0, 0.1) is 10.1 Å². The van der Waals surface area contributed by atoms with Gasteiger partial charge in [-0.3, -0.25) is 25.0 Å². The van der Waals surface area contributed by atoms with E-state index in [9.17, 15) is 19.7 Å². The zero-order chi connectivity index (χ0) is 22.9. The minimum atomic E-state index is -0.638. The van der Waals surface area contributed by atoms with Gasteiger partial charge < -0.3 is 9.13 Å². The molecule has 0 atom stereocenters. The molecule has 0 saturated heterocycles. The van der Waals surface area contributed by atoms with E-state index in [1.807, 2.05) is 45.8 Å². The molecule has 2 amide bonds. The second-order valence-electron chi connectivity index (χ2n) is 7.71. The van der Waals surface area contributed by atoms with Gasteiger partial charge in [0.05, 0.1) is 28.0 Å². The number of amides is 2. The summed E-state index contributed by atoms with van der Waals surface area (Å²) in [5.74, 6) is -1.20. The second-order valence-corrected chi connectivity index (χ2v) is 7.71. The lowest BCUT2D eigenvalue weighted by atomic mass is 9.95. The van der Waals surface area contributed by atoms with E-state index in [1.54, 1.807) is 18.6 Å². The number of imide groups is 1. The van der Waals surface area contributed by atoms with Crippen molar-refractivity contribution in [2.45, 2.75) is 19.5 Å². The molecule has 9 nitrogen and oxygen atoms in total. The molecule has 0 bridgehead atoms. The Balaban J connectivity index is 1.63. The monoisotopic (exact) mass is 441 g/mol. The number of para-hydroxylation sites is 2. The highest BCUT2D eigenvalue weighted by molar-refractivity contribution is 6.50. The van der Waals surface area contributed by atoms with Gasteiger partial charge in [0.25, 0.3) is 17.5 Å². The van der Waals surface area contributed by atoms with Crippen LogP contribution in [-0.2, 0) is 22.7 Å². The quantitative estimate of drug-likeness (QED) is 0.268. The topological polar surface area (TPSA) is 112 Å². The van der Waals surface area contributed by atoms with Crippen LogP contribution in [-0.4, -0.2) is 30.9 Å². The van der Waals surface area contributed by atoms with E-state index in [0.717, 1.165) is 23.9 Å². The smallest absolute Gasteiger partial charge is 0.277 e. The van der Waals surface area contributed by atoms with Crippen LogP contribution in [0.15, 0.2) is 73.4 Å². The number of fused-ring (bicyclic) bond motifs is 1. The number of carbonyl (C=O) groups excluding carboxylic acids is 2. The lowest BCUT2D eigenvalue weighted by Crippen LogP contribution is -2.22. The third-order valence-corrected chi connectivity index (χ3v) is 5.73. The molecule has 9 heteroatoms. The zero-order valence-corrected chi connectivity index (χ0v) is 17.5. The van der Waals surface area contributed by atoms with E-state index in [0.29, 0.717) is 12.1 Å². The van der Waals surface area contributed by atoms with E-state index in [2.05, 4.69) is 10.3 Å². The number of nitro groups is 1. The Kier molecular flexibility index (Phi) is 5.06. The van der Waals surface area contributed by atoms with Crippen LogP contribution in [0.4, 0.5) is 5.69 Å². The lowest BCUT2D eigenvalue weighted by Gasteiger charge is -2.06. The van der Waals surface area contributed by atoms with Crippen LogP contribution in [0.3, 0.4) is 0 Å². The van der Waals surface area contributed by atoms with Crippen molar-refractivity contribution < 1.29 is 14.5 Å². The van der Waals surface area contributed by atoms with Crippen molar-refractivity contribution in [1.82, 2.24) is 19.4 Å². The Hall–Kier alpha value is -4.53. The predicted octanol–water partition coefficient (Wildman–Crippen LogP) is 3.40. The second kappa shape index (κ2) is 8.19. The highest BCUT2D eigenvalue weighted by Crippen LogP contribution is 2.38. The largest absolute Gasteiger partial charge is 0.347 e. The molecule has 0 saturated carbocycles. The number of rotatable bonds is 7. The number of nitrogens with one attached hydrogen (secondary N) is 1. The van der Waals surface area contributed by atoms with E-state index in [4.69, 9.17) is 0 Å². The van der Waals surface area contributed by atoms with Gasteiger partial charge >= 0.3 is 0 Å². The van der Waals surface area contributed by atoms with Gasteiger partial charge in [0, 0.05) is 54.2 Å². The summed E-state index contributed by atoms with van der Waals surface area (Å²) < 4.78 is 4.03. The molecular formula is C24H19N5O4. The number of hydrogen-bond donors (Lipinski definition) is 1.